The van der Waals surface area contributed by atoms with E-state index in [1.807, 2.05) is 0 Å². The van der Waals surface area contributed by atoms with Crippen LogP contribution in [-0.4, -0.2) is 17.6 Å². The van der Waals surface area contributed by atoms with E-state index in [9.17, 15) is 0 Å². The number of rotatable bonds is 5. The fourth-order valence-corrected chi connectivity index (χ4v) is 6.51. The molecule has 0 aromatic carbocycles. The van der Waals surface area contributed by atoms with Gasteiger partial charge in [-0.05, 0) is 75.5 Å². The van der Waals surface area contributed by atoms with Crippen LogP contribution in [0.4, 0.5) is 0 Å². The van der Waals surface area contributed by atoms with Gasteiger partial charge in [-0.15, -0.1) is 11.3 Å². The number of hydrogen-bond donors (Lipinski definition) is 1. The summed E-state index contributed by atoms with van der Waals surface area (Å²) in [6.45, 7) is 5.64. The van der Waals surface area contributed by atoms with E-state index in [1.54, 1.807) is 30.6 Å². The van der Waals surface area contributed by atoms with Gasteiger partial charge in [0.2, 0.25) is 0 Å². The molecule has 0 spiro atoms. The van der Waals surface area contributed by atoms with Crippen molar-refractivity contribution in [2.24, 2.45) is 23.2 Å². The highest BCUT2D eigenvalue weighted by molar-refractivity contribution is 7.09. The van der Waals surface area contributed by atoms with Crippen LogP contribution in [0.2, 0.25) is 0 Å². The lowest BCUT2D eigenvalue weighted by molar-refractivity contribution is -0.0702. The molecular weight excluding hydrogens is 276 g/mol. The molecule has 4 bridgehead atoms. The summed E-state index contributed by atoms with van der Waals surface area (Å²) in [7, 11) is 0. The van der Waals surface area contributed by atoms with Gasteiger partial charge in [-0.2, -0.15) is 0 Å². The van der Waals surface area contributed by atoms with Crippen molar-refractivity contribution in [1.29, 1.82) is 0 Å². The first-order chi connectivity index (χ1) is 10.1. The highest BCUT2D eigenvalue weighted by atomic mass is 32.1. The number of thiazole rings is 1. The minimum absolute atomic E-state index is 0.632. The standard InChI is InChI=1S/C18H28N2S/c1-12(19-4-3-17-11-21-13(2)20-17)18-8-14-5-15(9-18)7-16(6-14)10-18/h11-12,14-16,19H,3-10H2,1-2H3. The lowest BCUT2D eigenvalue weighted by atomic mass is 9.48. The summed E-state index contributed by atoms with van der Waals surface area (Å²) in [6, 6.07) is 0.686. The predicted octanol–water partition coefficient (Wildman–Crippen LogP) is 4.19. The molecule has 3 heteroatoms. The second-order valence-electron chi connectivity index (χ2n) is 8.06. The van der Waals surface area contributed by atoms with Gasteiger partial charge in [0, 0.05) is 24.4 Å². The van der Waals surface area contributed by atoms with Gasteiger partial charge in [-0.1, -0.05) is 0 Å². The van der Waals surface area contributed by atoms with Crippen molar-refractivity contribution in [1.82, 2.24) is 10.3 Å². The van der Waals surface area contributed by atoms with E-state index in [2.05, 4.69) is 29.5 Å². The summed E-state index contributed by atoms with van der Waals surface area (Å²) in [5, 5.41) is 7.27. The fraction of sp³-hybridized carbons (Fsp3) is 0.833. The van der Waals surface area contributed by atoms with Gasteiger partial charge in [0.25, 0.3) is 0 Å². The van der Waals surface area contributed by atoms with Crippen LogP contribution in [0.5, 0.6) is 0 Å². The van der Waals surface area contributed by atoms with Crippen LogP contribution < -0.4 is 5.32 Å². The molecule has 1 N–H and O–H groups in total. The average molecular weight is 305 g/mol. The molecule has 21 heavy (non-hydrogen) atoms. The van der Waals surface area contributed by atoms with Crippen molar-refractivity contribution in [2.75, 3.05) is 6.54 Å². The Morgan fingerprint density at radius 2 is 1.86 bits per heavy atom. The molecule has 4 aliphatic carbocycles. The molecule has 0 saturated heterocycles. The largest absolute Gasteiger partial charge is 0.313 e. The van der Waals surface area contributed by atoms with Crippen LogP contribution in [-0.2, 0) is 6.42 Å². The van der Waals surface area contributed by atoms with Gasteiger partial charge in [-0.3, -0.25) is 0 Å². The summed E-state index contributed by atoms with van der Waals surface area (Å²) < 4.78 is 0. The van der Waals surface area contributed by atoms with Gasteiger partial charge >= 0.3 is 0 Å². The van der Waals surface area contributed by atoms with Crippen LogP contribution in [0, 0.1) is 30.1 Å². The van der Waals surface area contributed by atoms with E-state index >= 15 is 0 Å². The molecule has 0 aliphatic heterocycles. The minimum atomic E-state index is 0.632. The Bertz CT molecular complexity index is 472. The fourth-order valence-electron chi connectivity index (χ4n) is 5.86. The highest BCUT2D eigenvalue weighted by Crippen LogP contribution is 2.61. The quantitative estimate of drug-likeness (QED) is 0.882. The second-order valence-corrected chi connectivity index (χ2v) is 9.13. The Labute approximate surface area is 132 Å². The summed E-state index contributed by atoms with van der Waals surface area (Å²) in [5.41, 5.74) is 1.90. The van der Waals surface area contributed by atoms with Crippen molar-refractivity contribution in [3.05, 3.63) is 16.1 Å². The topological polar surface area (TPSA) is 24.9 Å². The Balaban J connectivity index is 1.35. The van der Waals surface area contributed by atoms with Gasteiger partial charge in [-0.25, -0.2) is 4.98 Å². The maximum atomic E-state index is 4.58. The molecule has 1 aromatic heterocycles. The van der Waals surface area contributed by atoms with E-state index in [0.29, 0.717) is 11.5 Å². The summed E-state index contributed by atoms with van der Waals surface area (Å²) in [6.07, 6.45) is 10.2. The van der Waals surface area contributed by atoms with Crippen molar-refractivity contribution in [3.8, 4) is 0 Å². The molecule has 1 unspecified atom stereocenters. The van der Waals surface area contributed by atoms with Gasteiger partial charge in [0.15, 0.2) is 0 Å². The molecule has 4 aliphatic rings. The summed E-state index contributed by atoms with van der Waals surface area (Å²) >= 11 is 1.77. The van der Waals surface area contributed by atoms with E-state index in [4.69, 9.17) is 0 Å². The monoisotopic (exact) mass is 304 g/mol. The molecule has 0 amide bonds. The third-order valence-electron chi connectivity index (χ3n) is 6.50. The third-order valence-corrected chi connectivity index (χ3v) is 7.32. The lowest BCUT2D eigenvalue weighted by Gasteiger charge is -2.59. The zero-order chi connectivity index (χ0) is 14.4. The maximum Gasteiger partial charge on any atom is 0.0897 e. The predicted molar refractivity (Wildman–Crippen MR) is 88.6 cm³/mol. The number of aryl methyl sites for hydroxylation is 1. The first kappa shape index (κ1) is 14.2. The number of hydrogen-bond acceptors (Lipinski definition) is 3. The average Bonchev–Trinajstić information content (AvgIpc) is 2.83. The first-order valence-corrected chi connectivity index (χ1v) is 9.65. The van der Waals surface area contributed by atoms with Crippen LogP contribution in [0.25, 0.3) is 0 Å². The number of nitrogens with zero attached hydrogens (tertiary/aromatic N) is 1. The van der Waals surface area contributed by atoms with Crippen molar-refractivity contribution >= 4 is 11.3 Å². The molecule has 1 aromatic rings. The third kappa shape index (κ3) is 2.68. The smallest absolute Gasteiger partial charge is 0.0897 e. The number of nitrogens with one attached hydrogen (secondary N) is 1. The van der Waals surface area contributed by atoms with Gasteiger partial charge in [0.1, 0.15) is 0 Å². The van der Waals surface area contributed by atoms with Crippen molar-refractivity contribution in [2.45, 2.75) is 64.8 Å². The normalized spacial score (nSPS) is 38.9. The highest BCUT2D eigenvalue weighted by Gasteiger charge is 2.52. The van der Waals surface area contributed by atoms with E-state index in [1.165, 1.54) is 30.0 Å². The zero-order valence-electron chi connectivity index (χ0n) is 13.4. The molecule has 1 atom stereocenters. The molecule has 0 radical (unpaired) electrons. The summed E-state index contributed by atoms with van der Waals surface area (Å²) in [5.74, 6) is 3.17. The summed E-state index contributed by atoms with van der Waals surface area (Å²) in [4.78, 5) is 4.58. The molecule has 4 fully saturated rings. The molecular formula is C18H28N2S. The van der Waals surface area contributed by atoms with E-state index < -0.39 is 0 Å². The first-order valence-electron chi connectivity index (χ1n) is 8.77. The van der Waals surface area contributed by atoms with Crippen LogP contribution in [0.1, 0.15) is 56.2 Å². The van der Waals surface area contributed by atoms with Crippen LogP contribution >= 0.6 is 11.3 Å². The van der Waals surface area contributed by atoms with Gasteiger partial charge in [0.05, 0.1) is 10.7 Å². The second kappa shape index (κ2) is 5.34. The SMILES string of the molecule is Cc1nc(CCNC(C)C23CC4CC(CC(C4)C2)C3)cs1. The van der Waals surface area contributed by atoms with Crippen molar-refractivity contribution < 1.29 is 0 Å². The van der Waals surface area contributed by atoms with Crippen LogP contribution in [0.3, 0.4) is 0 Å². The maximum absolute atomic E-state index is 4.58. The minimum Gasteiger partial charge on any atom is -0.313 e. The van der Waals surface area contributed by atoms with Crippen molar-refractivity contribution in [3.63, 3.8) is 0 Å². The lowest BCUT2D eigenvalue weighted by Crippen LogP contribution is -2.55. The molecule has 1 heterocycles. The molecule has 4 saturated carbocycles. The van der Waals surface area contributed by atoms with E-state index in [0.717, 1.165) is 30.7 Å². The Morgan fingerprint density at radius 1 is 1.24 bits per heavy atom. The Hall–Kier alpha value is -0.410. The zero-order valence-corrected chi connectivity index (χ0v) is 14.2. The molecule has 5 rings (SSSR count). The Morgan fingerprint density at radius 3 is 2.38 bits per heavy atom. The Kier molecular flexibility index (Phi) is 3.61. The molecule has 2 nitrogen and oxygen atoms in total. The van der Waals surface area contributed by atoms with E-state index in [-0.39, 0.29) is 0 Å². The molecule has 116 valence electrons. The van der Waals surface area contributed by atoms with Crippen LogP contribution in [0.15, 0.2) is 5.38 Å². The number of aromatic nitrogens is 1. The van der Waals surface area contributed by atoms with Gasteiger partial charge < -0.3 is 5.32 Å².